The van der Waals surface area contributed by atoms with Gasteiger partial charge in [-0.3, -0.25) is 4.79 Å². The Morgan fingerprint density at radius 1 is 1.00 bits per heavy atom. The normalized spacial score (nSPS) is 15.2. The zero-order valence-electron chi connectivity index (χ0n) is 18.4. The SMILES string of the molecule is CCOC(=O)c1oc2ccccc2c1NC(=O)c1ccc(S(=O)(=O)N2CCCCCC2)cc1. The lowest BCUT2D eigenvalue weighted by Crippen LogP contribution is -2.31. The number of ether oxygens (including phenoxy) is 1. The molecule has 0 aliphatic carbocycles. The molecule has 0 spiro atoms. The summed E-state index contributed by atoms with van der Waals surface area (Å²) in [5, 5.41) is 3.29. The van der Waals surface area contributed by atoms with Crippen LogP contribution in [0.15, 0.2) is 57.8 Å². The fraction of sp³-hybridized carbons (Fsp3) is 0.333. The number of anilines is 1. The van der Waals surface area contributed by atoms with Gasteiger partial charge in [-0.2, -0.15) is 4.31 Å². The fourth-order valence-corrected chi connectivity index (χ4v) is 5.42. The summed E-state index contributed by atoms with van der Waals surface area (Å²) in [4.78, 5) is 25.4. The third kappa shape index (κ3) is 4.79. The first-order valence-electron chi connectivity index (χ1n) is 11.0. The number of furan rings is 1. The van der Waals surface area contributed by atoms with Gasteiger partial charge in [0.25, 0.3) is 5.91 Å². The molecule has 4 rings (SSSR count). The Kier molecular flexibility index (Phi) is 6.80. The van der Waals surface area contributed by atoms with E-state index in [0.717, 1.165) is 25.7 Å². The number of rotatable bonds is 6. The van der Waals surface area contributed by atoms with E-state index in [0.29, 0.717) is 24.1 Å². The van der Waals surface area contributed by atoms with Crippen LogP contribution in [0.5, 0.6) is 0 Å². The van der Waals surface area contributed by atoms with Gasteiger partial charge in [0.05, 0.1) is 11.5 Å². The molecule has 1 aliphatic heterocycles. The Balaban J connectivity index is 1.58. The van der Waals surface area contributed by atoms with Crippen molar-refractivity contribution in [1.82, 2.24) is 4.31 Å². The van der Waals surface area contributed by atoms with Crippen molar-refractivity contribution in [2.75, 3.05) is 25.0 Å². The van der Waals surface area contributed by atoms with Gasteiger partial charge in [-0.15, -0.1) is 0 Å². The summed E-state index contributed by atoms with van der Waals surface area (Å²) in [6.07, 6.45) is 3.76. The summed E-state index contributed by atoms with van der Waals surface area (Å²) in [6.45, 7) is 2.86. The molecular formula is C24H26N2O6S. The van der Waals surface area contributed by atoms with Crippen molar-refractivity contribution in [3.05, 3.63) is 59.9 Å². The number of fused-ring (bicyclic) bond motifs is 1. The number of nitrogens with one attached hydrogen (secondary N) is 1. The van der Waals surface area contributed by atoms with Gasteiger partial charge in [-0.1, -0.05) is 25.0 Å². The van der Waals surface area contributed by atoms with E-state index in [1.165, 1.54) is 28.6 Å². The van der Waals surface area contributed by atoms with E-state index in [-0.39, 0.29) is 28.5 Å². The maximum Gasteiger partial charge on any atom is 0.376 e. The van der Waals surface area contributed by atoms with Crippen molar-refractivity contribution in [2.24, 2.45) is 0 Å². The molecule has 2 aromatic carbocycles. The van der Waals surface area contributed by atoms with Crippen LogP contribution in [-0.2, 0) is 14.8 Å². The van der Waals surface area contributed by atoms with Crippen LogP contribution in [0, 0.1) is 0 Å². The number of amides is 1. The predicted octanol–water partition coefficient (Wildman–Crippen LogP) is 4.43. The molecule has 1 saturated heterocycles. The molecule has 1 N–H and O–H groups in total. The molecule has 8 nitrogen and oxygen atoms in total. The lowest BCUT2D eigenvalue weighted by Gasteiger charge is -2.20. The van der Waals surface area contributed by atoms with Crippen molar-refractivity contribution in [1.29, 1.82) is 0 Å². The average Bonchev–Trinajstić information content (AvgIpc) is 2.98. The second-order valence-electron chi connectivity index (χ2n) is 7.82. The zero-order chi connectivity index (χ0) is 23.4. The molecule has 174 valence electrons. The lowest BCUT2D eigenvalue weighted by atomic mass is 10.2. The van der Waals surface area contributed by atoms with Crippen LogP contribution < -0.4 is 5.32 Å². The number of carbonyl (C=O) groups is 2. The monoisotopic (exact) mass is 470 g/mol. The first-order chi connectivity index (χ1) is 15.9. The van der Waals surface area contributed by atoms with Crippen molar-refractivity contribution < 1.29 is 27.2 Å². The number of para-hydroxylation sites is 1. The zero-order valence-corrected chi connectivity index (χ0v) is 19.2. The third-order valence-corrected chi connectivity index (χ3v) is 7.53. The first-order valence-corrected chi connectivity index (χ1v) is 12.5. The molecule has 9 heteroatoms. The summed E-state index contributed by atoms with van der Waals surface area (Å²) < 4.78 is 38.1. The Labute approximate surface area is 192 Å². The Morgan fingerprint density at radius 2 is 1.67 bits per heavy atom. The third-order valence-electron chi connectivity index (χ3n) is 5.61. The number of sulfonamides is 1. The van der Waals surface area contributed by atoms with Crippen LogP contribution in [0.1, 0.15) is 53.5 Å². The maximum absolute atomic E-state index is 13.0. The highest BCUT2D eigenvalue weighted by atomic mass is 32.2. The van der Waals surface area contributed by atoms with Crippen LogP contribution in [0.4, 0.5) is 5.69 Å². The fourth-order valence-electron chi connectivity index (χ4n) is 3.91. The van der Waals surface area contributed by atoms with E-state index in [1.807, 2.05) is 0 Å². The molecule has 1 aliphatic rings. The second-order valence-corrected chi connectivity index (χ2v) is 9.76. The van der Waals surface area contributed by atoms with E-state index in [2.05, 4.69) is 5.32 Å². The highest BCUT2D eigenvalue weighted by Crippen LogP contribution is 2.32. The van der Waals surface area contributed by atoms with Gasteiger partial charge >= 0.3 is 5.97 Å². The molecule has 3 aromatic rings. The molecule has 2 heterocycles. The maximum atomic E-state index is 13.0. The number of esters is 1. The molecule has 0 bridgehead atoms. The summed E-state index contributed by atoms with van der Waals surface area (Å²) in [6, 6.07) is 12.8. The first kappa shape index (κ1) is 23.0. The molecule has 0 atom stereocenters. The number of hydrogen-bond donors (Lipinski definition) is 1. The molecule has 1 fully saturated rings. The molecule has 0 saturated carbocycles. The van der Waals surface area contributed by atoms with Crippen LogP contribution in [0.25, 0.3) is 11.0 Å². The smallest absolute Gasteiger partial charge is 0.376 e. The molecule has 0 unspecified atom stereocenters. The average molecular weight is 471 g/mol. The van der Waals surface area contributed by atoms with Gasteiger partial charge in [0.1, 0.15) is 11.3 Å². The minimum atomic E-state index is -3.61. The van der Waals surface area contributed by atoms with Crippen molar-refractivity contribution in [3.63, 3.8) is 0 Å². The number of nitrogens with zero attached hydrogens (tertiary/aromatic N) is 1. The highest BCUT2D eigenvalue weighted by molar-refractivity contribution is 7.89. The standard InChI is InChI=1S/C24H26N2O6S/c1-2-31-24(28)22-21(19-9-5-6-10-20(19)32-22)25-23(27)17-11-13-18(14-12-17)33(29,30)26-15-7-3-4-8-16-26/h5-6,9-14H,2-4,7-8,15-16H2,1H3,(H,25,27). The minimum Gasteiger partial charge on any atom is -0.460 e. The Bertz CT molecular complexity index is 1260. The highest BCUT2D eigenvalue weighted by Gasteiger charge is 2.26. The second kappa shape index (κ2) is 9.76. The van der Waals surface area contributed by atoms with Gasteiger partial charge < -0.3 is 14.5 Å². The van der Waals surface area contributed by atoms with Crippen molar-refractivity contribution >= 4 is 38.6 Å². The van der Waals surface area contributed by atoms with E-state index >= 15 is 0 Å². The van der Waals surface area contributed by atoms with Crippen LogP contribution in [0.3, 0.4) is 0 Å². The Morgan fingerprint density at radius 3 is 2.33 bits per heavy atom. The van der Waals surface area contributed by atoms with E-state index in [1.54, 1.807) is 31.2 Å². The minimum absolute atomic E-state index is 0.0910. The lowest BCUT2D eigenvalue weighted by molar-refractivity contribution is 0.0494. The summed E-state index contributed by atoms with van der Waals surface area (Å²) in [5.74, 6) is -1.26. The van der Waals surface area contributed by atoms with E-state index in [4.69, 9.17) is 9.15 Å². The van der Waals surface area contributed by atoms with Crippen LogP contribution in [0.2, 0.25) is 0 Å². The molecule has 1 aromatic heterocycles. The Hall–Kier alpha value is -3.17. The van der Waals surface area contributed by atoms with Crippen LogP contribution in [-0.4, -0.2) is 44.3 Å². The number of hydrogen-bond acceptors (Lipinski definition) is 6. The number of carbonyl (C=O) groups excluding carboxylic acids is 2. The predicted molar refractivity (Wildman–Crippen MR) is 124 cm³/mol. The van der Waals surface area contributed by atoms with Gasteiger partial charge in [0.2, 0.25) is 15.8 Å². The number of benzene rings is 2. The molecule has 0 radical (unpaired) electrons. The van der Waals surface area contributed by atoms with Crippen LogP contribution >= 0.6 is 0 Å². The summed E-state index contributed by atoms with van der Waals surface area (Å²) in [5.41, 5.74) is 0.912. The summed E-state index contributed by atoms with van der Waals surface area (Å²) in [7, 11) is -3.61. The molecule has 33 heavy (non-hydrogen) atoms. The van der Waals surface area contributed by atoms with E-state index in [9.17, 15) is 18.0 Å². The topological polar surface area (TPSA) is 106 Å². The van der Waals surface area contributed by atoms with Crippen molar-refractivity contribution in [2.45, 2.75) is 37.5 Å². The quantitative estimate of drug-likeness (QED) is 0.535. The van der Waals surface area contributed by atoms with Crippen molar-refractivity contribution in [3.8, 4) is 0 Å². The van der Waals surface area contributed by atoms with E-state index < -0.39 is 21.9 Å². The van der Waals surface area contributed by atoms with Gasteiger partial charge in [-0.25, -0.2) is 13.2 Å². The molecule has 1 amide bonds. The van der Waals surface area contributed by atoms with Gasteiger partial charge in [0, 0.05) is 24.0 Å². The van der Waals surface area contributed by atoms with Gasteiger partial charge in [-0.05, 0) is 56.2 Å². The molecular weight excluding hydrogens is 444 g/mol. The van der Waals surface area contributed by atoms with Gasteiger partial charge in [0.15, 0.2) is 0 Å². The largest absolute Gasteiger partial charge is 0.460 e. The summed E-state index contributed by atoms with van der Waals surface area (Å²) >= 11 is 0.